The summed E-state index contributed by atoms with van der Waals surface area (Å²) in [6.07, 6.45) is 3.61. The fourth-order valence-corrected chi connectivity index (χ4v) is 4.58. The van der Waals surface area contributed by atoms with Crippen molar-refractivity contribution in [3.63, 3.8) is 0 Å². The molecule has 8 heteroatoms. The number of nitrogens with one attached hydrogen (secondary N) is 3. The van der Waals surface area contributed by atoms with Crippen LogP contribution < -0.4 is 20.7 Å². The minimum absolute atomic E-state index is 0.127. The second-order valence-electron chi connectivity index (χ2n) is 11.1. The van der Waals surface area contributed by atoms with Crippen molar-refractivity contribution in [1.82, 2.24) is 20.9 Å². The lowest BCUT2D eigenvalue weighted by molar-refractivity contribution is -0.136. The van der Waals surface area contributed by atoms with Crippen LogP contribution in [-0.4, -0.2) is 60.9 Å². The lowest BCUT2D eigenvalue weighted by Crippen LogP contribution is -2.62. The van der Waals surface area contributed by atoms with Crippen LogP contribution in [0, 0.1) is 11.8 Å². The fraction of sp³-hybridized carbons (Fsp3) is 0.452. The van der Waals surface area contributed by atoms with Crippen molar-refractivity contribution in [3.8, 4) is 5.75 Å². The van der Waals surface area contributed by atoms with Crippen molar-refractivity contribution < 1.29 is 19.1 Å². The molecule has 2 aromatic carbocycles. The standard InChI is InChI=1S/C31H42N4O4/c1-20(2)18-25-29(36)32-17-16-22-12-14-24(15-13-22)39-28(21(3)4)27(31(38)33-25)34-30(37)26(35(5)6)19-23-10-8-7-9-11-23/h7-17,20-21,25-28H,18-19H2,1-6H3,(H,32,36)(H,33,38)(H,34,37)/b17-16+/t25-,26-,27-,28+/m0/s1. The predicted octanol–water partition coefficient (Wildman–Crippen LogP) is 3.38. The fourth-order valence-electron chi connectivity index (χ4n) is 4.58. The molecule has 0 spiro atoms. The zero-order valence-electron chi connectivity index (χ0n) is 23.8. The van der Waals surface area contributed by atoms with Gasteiger partial charge < -0.3 is 20.7 Å². The summed E-state index contributed by atoms with van der Waals surface area (Å²) in [5.41, 5.74) is 1.91. The Morgan fingerprint density at radius 1 is 0.974 bits per heavy atom. The summed E-state index contributed by atoms with van der Waals surface area (Å²) in [6.45, 7) is 7.88. The predicted molar refractivity (Wildman–Crippen MR) is 154 cm³/mol. The van der Waals surface area contributed by atoms with E-state index in [-0.39, 0.29) is 23.7 Å². The van der Waals surface area contributed by atoms with Crippen LogP contribution in [0.5, 0.6) is 5.75 Å². The minimum atomic E-state index is -1.03. The van der Waals surface area contributed by atoms with Gasteiger partial charge in [-0.1, -0.05) is 70.2 Å². The Hall–Kier alpha value is -3.65. The SMILES string of the molecule is CC(C)C[C@@H]1NC(=O)[C@@H](NC(=O)[C@H](Cc2ccccc2)N(C)C)[C@@H](C(C)C)Oc2ccc(cc2)/C=C/NC1=O. The summed E-state index contributed by atoms with van der Waals surface area (Å²) in [7, 11) is 3.69. The van der Waals surface area contributed by atoms with Crippen LogP contribution in [0.4, 0.5) is 0 Å². The summed E-state index contributed by atoms with van der Waals surface area (Å²) >= 11 is 0. The number of likely N-dealkylation sites (N-methyl/N-ethyl adjacent to an activating group) is 1. The second kappa shape index (κ2) is 13.9. The van der Waals surface area contributed by atoms with Gasteiger partial charge in [0.25, 0.3) is 0 Å². The zero-order chi connectivity index (χ0) is 28.5. The van der Waals surface area contributed by atoms with Crippen molar-refractivity contribution >= 4 is 23.8 Å². The van der Waals surface area contributed by atoms with E-state index in [1.807, 2.05) is 101 Å². The highest BCUT2D eigenvalue weighted by molar-refractivity contribution is 5.94. The van der Waals surface area contributed by atoms with Crippen LogP contribution in [0.25, 0.3) is 6.08 Å². The summed E-state index contributed by atoms with van der Waals surface area (Å²) in [6, 6.07) is 14.8. The van der Waals surface area contributed by atoms with Gasteiger partial charge in [-0.3, -0.25) is 19.3 Å². The van der Waals surface area contributed by atoms with Crippen LogP contribution in [0.1, 0.15) is 45.2 Å². The molecule has 4 rings (SSSR count). The van der Waals surface area contributed by atoms with E-state index in [4.69, 9.17) is 4.74 Å². The largest absolute Gasteiger partial charge is 0.487 e. The first kappa shape index (κ1) is 29.9. The maximum Gasteiger partial charge on any atom is 0.247 e. The average molecular weight is 535 g/mol. The first-order chi connectivity index (χ1) is 18.5. The van der Waals surface area contributed by atoms with E-state index < -0.39 is 30.1 Å². The van der Waals surface area contributed by atoms with Crippen LogP contribution in [0.2, 0.25) is 0 Å². The van der Waals surface area contributed by atoms with Crippen LogP contribution >= 0.6 is 0 Å². The van der Waals surface area contributed by atoms with Gasteiger partial charge in [-0.15, -0.1) is 0 Å². The minimum Gasteiger partial charge on any atom is -0.487 e. The van der Waals surface area contributed by atoms with Crippen LogP contribution in [0.3, 0.4) is 0 Å². The highest BCUT2D eigenvalue weighted by atomic mass is 16.5. The van der Waals surface area contributed by atoms with Crippen LogP contribution in [0.15, 0.2) is 60.8 Å². The van der Waals surface area contributed by atoms with E-state index in [0.717, 1.165) is 11.1 Å². The Kier molecular flexibility index (Phi) is 10.7. The summed E-state index contributed by atoms with van der Waals surface area (Å²) in [4.78, 5) is 42.5. The Bertz CT molecular complexity index is 1130. The molecule has 2 bridgehead atoms. The third kappa shape index (κ3) is 8.68. The molecular formula is C31H42N4O4. The molecular weight excluding hydrogens is 492 g/mol. The average Bonchev–Trinajstić information content (AvgIpc) is 2.89. The molecule has 0 saturated carbocycles. The molecule has 0 radical (unpaired) electrons. The lowest BCUT2D eigenvalue weighted by Gasteiger charge is -2.34. The molecule has 0 fully saturated rings. The molecule has 2 aromatic rings. The Morgan fingerprint density at radius 3 is 2.23 bits per heavy atom. The van der Waals surface area contributed by atoms with Gasteiger partial charge in [-0.25, -0.2) is 0 Å². The molecule has 0 aromatic heterocycles. The maximum absolute atomic E-state index is 13.9. The van der Waals surface area contributed by atoms with Crippen molar-refractivity contribution in [2.75, 3.05) is 14.1 Å². The Morgan fingerprint density at radius 2 is 1.64 bits per heavy atom. The normalized spacial score (nSPS) is 21.6. The molecule has 0 saturated heterocycles. The quantitative estimate of drug-likeness (QED) is 0.482. The monoisotopic (exact) mass is 534 g/mol. The van der Waals surface area contributed by atoms with Gasteiger partial charge in [0.1, 0.15) is 23.9 Å². The maximum atomic E-state index is 13.9. The number of ether oxygens (including phenoxy) is 1. The van der Waals surface area contributed by atoms with Crippen molar-refractivity contribution in [2.24, 2.45) is 11.8 Å². The number of hydrogen-bond acceptors (Lipinski definition) is 5. The summed E-state index contributed by atoms with van der Waals surface area (Å²) in [5, 5.41) is 8.70. The molecule has 2 aliphatic heterocycles. The van der Waals surface area contributed by atoms with Gasteiger partial charge in [-0.05, 0) is 68.1 Å². The second-order valence-corrected chi connectivity index (χ2v) is 11.1. The molecule has 3 N–H and O–H groups in total. The third-order valence-corrected chi connectivity index (χ3v) is 6.76. The smallest absolute Gasteiger partial charge is 0.247 e. The molecule has 4 atom stereocenters. The van der Waals surface area contributed by atoms with Crippen LogP contribution in [-0.2, 0) is 20.8 Å². The number of carbonyl (C=O) groups is 3. The van der Waals surface area contributed by atoms with E-state index in [1.165, 1.54) is 0 Å². The molecule has 3 amide bonds. The number of rotatable bonds is 8. The summed E-state index contributed by atoms with van der Waals surface area (Å²) in [5.74, 6) is -0.446. The summed E-state index contributed by atoms with van der Waals surface area (Å²) < 4.78 is 6.35. The van der Waals surface area contributed by atoms with Crippen molar-refractivity contribution in [3.05, 3.63) is 71.9 Å². The van der Waals surface area contributed by atoms with Gasteiger partial charge in [0.2, 0.25) is 17.7 Å². The van der Waals surface area contributed by atoms with Gasteiger partial charge in [-0.2, -0.15) is 0 Å². The van der Waals surface area contributed by atoms with Crippen molar-refractivity contribution in [1.29, 1.82) is 0 Å². The van der Waals surface area contributed by atoms with E-state index in [9.17, 15) is 14.4 Å². The number of carbonyl (C=O) groups excluding carboxylic acids is 3. The Balaban J connectivity index is 1.98. The van der Waals surface area contributed by atoms with E-state index in [1.54, 1.807) is 12.3 Å². The van der Waals surface area contributed by atoms with Gasteiger partial charge in [0, 0.05) is 6.20 Å². The first-order valence-electron chi connectivity index (χ1n) is 13.6. The number of hydrogen-bond donors (Lipinski definition) is 3. The number of amides is 3. The number of benzene rings is 2. The molecule has 39 heavy (non-hydrogen) atoms. The zero-order valence-corrected chi connectivity index (χ0v) is 23.8. The Labute approximate surface area is 232 Å². The van der Waals surface area contributed by atoms with Gasteiger partial charge in [0.05, 0.1) is 6.04 Å². The van der Waals surface area contributed by atoms with Crippen molar-refractivity contribution in [2.45, 2.75) is 64.8 Å². The lowest BCUT2D eigenvalue weighted by atomic mass is 9.96. The highest BCUT2D eigenvalue weighted by Gasteiger charge is 2.38. The molecule has 210 valence electrons. The van der Waals surface area contributed by atoms with E-state index >= 15 is 0 Å². The van der Waals surface area contributed by atoms with E-state index in [0.29, 0.717) is 18.6 Å². The molecule has 2 aliphatic rings. The highest BCUT2D eigenvalue weighted by Crippen LogP contribution is 2.21. The topological polar surface area (TPSA) is 99.8 Å². The molecule has 0 unspecified atom stereocenters. The first-order valence-corrected chi connectivity index (χ1v) is 13.6. The van der Waals surface area contributed by atoms with Gasteiger partial charge in [0.15, 0.2) is 0 Å². The third-order valence-electron chi connectivity index (χ3n) is 6.76. The van der Waals surface area contributed by atoms with Gasteiger partial charge >= 0.3 is 0 Å². The van der Waals surface area contributed by atoms with E-state index in [2.05, 4.69) is 16.0 Å². The number of fused-ring (bicyclic) bond motifs is 10. The molecule has 8 nitrogen and oxygen atoms in total. The molecule has 0 aliphatic carbocycles. The molecule has 2 heterocycles. The number of nitrogens with zero attached hydrogens (tertiary/aromatic N) is 1.